The van der Waals surface area contributed by atoms with Gasteiger partial charge < -0.3 is 4.74 Å². The van der Waals surface area contributed by atoms with Crippen molar-refractivity contribution in [2.45, 2.75) is 6.92 Å². The number of ether oxygens (including phenoxy) is 1. The van der Waals surface area contributed by atoms with Crippen molar-refractivity contribution in [2.24, 2.45) is 0 Å². The highest BCUT2D eigenvalue weighted by Crippen LogP contribution is 2.27. The molecule has 0 radical (unpaired) electrons. The molecule has 0 saturated carbocycles. The molecule has 14 heavy (non-hydrogen) atoms. The maximum Gasteiger partial charge on any atom is 0.140 e. The Hall–Kier alpha value is -1.27. The summed E-state index contributed by atoms with van der Waals surface area (Å²) in [6, 6.07) is 5.75. The Morgan fingerprint density at radius 3 is 2.93 bits per heavy atom. The summed E-state index contributed by atoms with van der Waals surface area (Å²) in [6.07, 6.45) is 1.66. The van der Waals surface area contributed by atoms with Crippen molar-refractivity contribution in [3.05, 3.63) is 40.4 Å². The summed E-state index contributed by atoms with van der Waals surface area (Å²) in [6.45, 7) is 5.88. The minimum atomic E-state index is 0.414. The van der Waals surface area contributed by atoms with Crippen LogP contribution in [0.3, 0.4) is 0 Å². The molecule has 3 heteroatoms. The Morgan fingerprint density at radius 2 is 2.36 bits per heavy atom. The first-order valence-electron chi connectivity index (χ1n) is 4.13. The Bertz CT molecular complexity index is 393. The van der Waals surface area contributed by atoms with Gasteiger partial charge in [0, 0.05) is 4.47 Å². The van der Waals surface area contributed by atoms with Crippen LogP contribution in [0.25, 0.3) is 0 Å². The second-order valence-corrected chi connectivity index (χ2v) is 3.73. The van der Waals surface area contributed by atoms with E-state index in [1.54, 1.807) is 12.1 Å². The number of hydrogen-bond acceptors (Lipinski definition) is 2. The molecule has 0 spiro atoms. The zero-order valence-electron chi connectivity index (χ0n) is 7.88. The SMILES string of the molecule is C=CCOc1c(C)cc(Br)cc1C#N. The lowest BCUT2D eigenvalue weighted by Gasteiger charge is -2.09. The molecule has 0 saturated heterocycles. The monoisotopic (exact) mass is 251 g/mol. The van der Waals surface area contributed by atoms with Crippen LogP contribution < -0.4 is 4.74 Å². The fourth-order valence-corrected chi connectivity index (χ4v) is 1.72. The van der Waals surface area contributed by atoms with Crippen LogP contribution in [0, 0.1) is 18.3 Å². The van der Waals surface area contributed by atoms with Crippen molar-refractivity contribution >= 4 is 15.9 Å². The van der Waals surface area contributed by atoms with Gasteiger partial charge in [-0.15, -0.1) is 0 Å². The first-order chi connectivity index (χ1) is 6.69. The van der Waals surface area contributed by atoms with Crippen LogP contribution in [-0.2, 0) is 0 Å². The zero-order valence-corrected chi connectivity index (χ0v) is 9.47. The molecule has 0 N–H and O–H groups in total. The van der Waals surface area contributed by atoms with Gasteiger partial charge in [0.05, 0.1) is 5.56 Å². The topological polar surface area (TPSA) is 33.0 Å². The van der Waals surface area contributed by atoms with Gasteiger partial charge in [-0.3, -0.25) is 0 Å². The molecule has 0 unspecified atom stereocenters. The normalized spacial score (nSPS) is 9.21. The van der Waals surface area contributed by atoms with Crippen molar-refractivity contribution in [2.75, 3.05) is 6.61 Å². The molecule has 0 aromatic heterocycles. The predicted molar refractivity (Wildman–Crippen MR) is 59.3 cm³/mol. The molecule has 0 aliphatic heterocycles. The molecule has 1 rings (SSSR count). The van der Waals surface area contributed by atoms with Crippen molar-refractivity contribution in [1.82, 2.24) is 0 Å². The molecular formula is C11H10BrNO. The van der Waals surface area contributed by atoms with Crippen molar-refractivity contribution in [3.8, 4) is 11.8 Å². The lowest BCUT2D eigenvalue weighted by molar-refractivity contribution is 0.359. The van der Waals surface area contributed by atoms with E-state index in [1.165, 1.54) is 0 Å². The van der Waals surface area contributed by atoms with Crippen LogP contribution in [0.4, 0.5) is 0 Å². The van der Waals surface area contributed by atoms with Gasteiger partial charge in [0.25, 0.3) is 0 Å². The Morgan fingerprint density at radius 1 is 1.64 bits per heavy atom. The highest BCUT2D eigenvalue weighted by atomic mass is 79.9. The third-order valence-electron chi connectivity index (χ3n) is 1.71. The predicted octanol–water partition coefficient (Wildman–Crippen LogP) is 3.19. The number of nitriles is 1. The third-order valence-corrected chi connectivity index (χ3v) is 2.16. The van der Waals surface area contributed by atoms with Gasteiger partial charge in [0.15, 0.2) is 0 Å². The summed E-state index contributed by atoms with van der Waals surface area (Å²) < 4.78 is 6.29. The average Bonchev–Trinajstić information content (AvgIpc) is 2.15. The zero-order chi connectivity index (χ0) is 10.6. The first kappa shape index (κ1) is 10.8. The van der Waals surface area contributed by atoms with Crippen LogP contribution >= 0.6 is 15.9 Å². The van der Waals surface area contributed by atoms with E-state index in [9.17, 15) is 0 Å². The minimum absolute atomic E-state index is 0.414. The van der Waals surface area contributed by atoms with E-state index in [0.717, 1.165) is 10.0 Å². The summed E-state index contributed by atoms with van der Waals surface area (Å²) in [4.78, 5) is 0. The van der Waals surface area contributed by atoms with Crippen LogP contribution in [0.15, 0.2) is 29.3 Å². The van der Waals surface area contributed by atoms with E-state index >= 15 is 0 Å². The van der Waals surface area contributed by atoms with Crippen LogP contribution in [0.2, 0.25) is 0 Å². The van der Waals surface area contributed by atoms with Crippen molar-refractivity contribution in [1.29, 1.82) is 5.26 Å². The molecule has 1 aromatic carbocycles. The summed E-state index contributed by atoms with van der Waals surface area (Å²) in [5.41, 5.74) is 1.48. The fraction of sp³-hybridized carbons (Fsp3) is 0.182. The minimum Gasteiger partial charge on any atom is -0.488 e. The van der Waals surface area contributed by atoms with Gasteiger partial charge in [-0.25, -0.2) is 0 Å². The number of aryl methyl sites for hydroxylation is 1. The largest absolute Gasteiger partial charge is 0.488 e. The van der Waals surface area contributed by atoms with Crippen LogP contribution in [-0.4, -0.2) is 6.61 Å². The second kappa shape index (κ2) is 4.83. The molecule has 0 bridgehead atoms. The lowest BCUT2D eigenvalue weighted by atomic mass is 10.1. The van der Waals surface area contributed by atoms with Gasteiger partial charge in [0.2, 0.25) is 0 Å². The Balaban J connectivity index is 3.13. The number of rotatable bonds is 3. The smallest absolute Gasteiger partial charge is 0.140 e. The summed E-state index contributed by atoms with van der Waals surface area (Å²) in [5.74, 6) is 0.635. The number of halogens is 1. The quantitative estimate of drug-likeness (QED) is 0.774. The van der Waals surface area contributed by atoms with E-state index < -0.39 is 0 Å². The van der Waals surface area contributed by atoms with Gasteiger partial charge in [0.1, 0.15) is 18.4 Å². The standard InChI is InChI=1S/C11H10BrNO/c1-3-4-14-11-8(2)5-10(12)6-9(11)7-13/h3,5-6H,1,4H2,2H3. The average molecular weight is 252 g/mol. The maximum absolute atomic E-state index is 8.89. The van der Waals surface area contributed by atoms with Crippen molar-refractivity contribution in [3.63, 3.8) is 0 Å². The molecule has 0 atom stereocenters. The second-order valence-electron chi connectivity index (χ2n) is 2.81. The van der Waals surface area contributed by atoms with E-state index in [1.807, 2.05) is 13.0 Å². The molecule has 0 aliphatic rings. The molecule has 0 heterocycles. The Labute approximate surface area is 91.9 Å². The molecule has 2 nitrogen and oxygen atoms in total. The van der Waals surface area contributed by atoms with Gasteiger partial charge >= 0.3 is 0 Å². The summed E-state index contributed by atoms with van der Waals surface area (Å²) in [7, 11) is 0. The number of nitrogens with zero attached hydrogens (tertiary/aromatic N) is 1. The number of benzene rings is 1. The molecule has 0 fully saturated rings. The van der Waals surface area contributed by atoms with E-state index in [4.69, 9.17) is 10.00 Å². The Kier molecular flexibility index (Phi) is 3.73. The van der Waals surface area contributed by atoms with E-state index in [0.29, 0.717) is 17.9 Å². The van der Waals surface area contributed by atoms with Crippen LogP contribution in [0.5, 0.6) is 5.75 Å². The molecule has 1 aromatic rings. The fourth-order valence-electron chi connectivity index (χ4n) is 1.15. The first-order valence-corrected chi connectivity index (χ1v) is 4.92. The highest BCUT2D eigenvalue weighted by Gasteiger charge is 2.07. The van der Waals surface area contributed by atoms with Gasteiger partial charge in [-0.05, 0) is 24.6 Å². The lowest BCUT2D eigenvalue weighted by Crippen LogP contribution is -1.98. The summed E-state index contributed by atoms with van der Waals surface area (Å²) >= 11 is 3.33. The highest BCUT2D eigenvalue weighted by molar-refractivity contribution is 9.10. The van der Waals surface area contributed by atoms with E-state index in [-0.39, 0.29) is 0 Å². The van der Waals surface area contributed by atoms with Crippen molar-refractivity contribution < 1.29 is 4.74 Å². The van der Waals surface area contributed by atoms with Crippen LogP contribution in [0.1, 0.15) is 11.1 Å². The van der Waals surface area contributed by atoms with Gasteiger partial charge in [-0.1, -0.05) is 28.6 Å². The van der Waals surface area contributed by atoms with E-state index in [2.05, 4.69) is 28.6 Å². The molecule has 0 aliphatic carbocycles. The molecule has 72 valence electrons. The third kappa shape index (κ3) is 2.36. The summed E-state index contributed by atoms with van der Waals surface area (Å²) in [5, 5.41) is 8.89. The maximum atomic E-state index is 8.89. The number of hydrogen-bond donors (Lipinski definition) is 0. The van der Waals surface area contributed by atoms with Gasteiger partial charge in [-0.2, -0.15) is 5.26 Å². The molecular weight excluding hydrogens is 242 g/mol. The molecule has 0 amide bonds.